The van der Waals surface area contributed by atoms with Crippen molar-refractivity contribution in [3.63, 3.8) is 0 Å². The molecule has 1 nitrogen and oxygen atoms in total. The second-order valence-corrected chi connectivity index (χ2v) is 3.23. The van der Waals surface area contributed by atoms with Gasteiger partial charge in [-0.1, -0.05) is 24.3 Å². The van der Waals surface area contributed by atoms with Gasteiger partial charge in [0.1, 0.15) is 5.69 Å². The molecular formula is C11H8F3N. The van der Waals surface area contributed by atoms with Crippen molar-refractivity contribution in [3.05, 3.63) is 42.1 Å². The third-order valence-electron chi connectivity index (χ3n) is 2.14. The zero-order valence-electron chi connectivity index (χ0n) is 7.75. The molecule has 0 fully saturated rings. The van der Waals surface area contributed by atoms with Gasteiger partial charge in [0, 0.05) is 5.39 Å². The van der Waals surface area contributed by atoms with Crippen molar-refractivity contribution in [1.29, 1.82) is 0 Å². The fourth-order valence-corrected chi connectivity index (χ4v) is 1.34. The summed E-state index contributed by atoms with van der Waals surface area (Å²) in [6, 6.07) is 9.54. The van der Waals surface area contributed by atoms with E-state index in [-0.39, 0.29) is 0 Å². The molecule has 2 rings (SSSR count). The predicted octanol–water partition coefficient (Wildman–Crippen LogP) is 3.30. The van der Waals surface area contributed by atoms with Crippen LogP contribution in [0.1, 0.15) is 5.69 Å². The van der Waals surface area contributed by atoms with Crippen LogP contribution in [0.4, 0.5) is 13.2 Å². The van der Waals surface area contributed by atoms with Gasteiger partial charge in [-0.15, -0.1) is 0 Å². The zero-order chi connectivity index (χ0) is 10.9. The van der Waals surface area contributed by atoms with Crippen molar-refractivity contribution in [1.82, 2.24) is 4.98 Å². The molecule has 0 saturated heterocycles. The van der Waals surface area contributed by atoms with Gasteiger partial charge in [0.15, 0.2) is 6.67 Å². The highest BCUT2D eigenvalue weighted by Gasteiger charge is 2.33. The van der Waals surface area contributed by atoms with E-state index in [1.807, 2.05) is 0 Å². The molecule has 15 heavy (non-hydrogen) atoms. The molecule has 1 heterocycles. The number of fused-ring (bicyclic) bond motifs is 1. The molecule has 1 aromatic heterocycles. The van der Waals surface area contributed by atoms with Gasteiger partial charge in [-0.3, -0.25) is 0 Å². The molecule has 0 aliphatic heterocycles. The zero-order valence-corrected chi connectivity index (χ0v) is 7.75. The molecule has 4 heteroatoms. The minimum Gasteiger partial charge on any atom is -0.246 e. The Labute approximate surface area is 84.6 Å². The van der Waals surface area contributed by atoms with Crippen LogP contribution in [-0.4, -0.2) is 11.7 Å². The molecule has 0 amide bonds. The highest BCUT2D eigenvalue weighted by Crippen LogP contribution is 2.28. The number of pyridine rings is 1. The lowest BCUT2D eigenvalue weighted by Crippen LogP contribution is -2.17. The number of rotatable bonds is 2. The van der Waals surface area contributed by atoms with Gasteiger partial charge in [0.05, 0.1) is 5.52 Å². The second kappa shape index (κ2) is 3.53. The van der Waals surface area contributed by atoms with Crippen LogP contribution in [0, 0.1) is 0 Å². The lowest BCUT2D eigenvalue weighted by atomic mass is 10.1. The summed E-state index contributed by atoms with van der Waals surface area (Å²) in [6.07, 6.45) is 0. The normalized spacial score (nSPS) is 11.9. The smallest absolute Gasteiger partial charge is 0.246 e. The number of para-hydroxylation sites is 1. The molecule has 0 radical (unpaired) electrons. The Bertz CT molecular complexity index is 482. The standard InChI is InChI=1S/C11H8F3N/c12-7-11(13,14)10-6-5-8-3-1-2-4-9(8)15-10/h1-6H,7H2. The fourth-order valence-electron chi connectivity index (χ4n) is 1.34. The van der Waals surface area contributed by atoms with Crippen LogP contribution in [0.25, 0.3) is 10.9 Å². The number of hydrogen-bond donors (Lipinski definition) is 0. The molecule has 0 saturated carbocycles. The second-order valence-electron chi connectivity index (χ2n) is 3.23. The summed E-state index contributed by atoms with van der Waals surface area (Å²) in [5.74, 6) is -3.50. The lowest BCUT2D eigenvalue weighted by Gasteiger charge is -2.11. The highest BCUT2D eigenvalue weighted by atomic mass is 19.3. The minimum atomic E-state index is -3.50. The Balaban J connectivity index is 2.56. The van der Waals surface area contributed by atoms with Crippen LogP contribution in [0.3, 0.4) is 0 Å². The fraction of sp³-hybridized carbons (Fsp3) is 0.182. The van der Waals surface area contributed by atoms with E-state index in [0.29, 0.717) is 5.52 Å². The molecular weight excluding hydrogens is 203 g/mol. The van der Waals surface area contributed by atoms with Crippen molar-refractivity contribution in [2.75, 3.05) is 6.67 Å². The quantitative estimate of drug-likeness (QED) is 0.742. The average molecular weight is 211 g/mol. The average Bonchev–Trinajstić information content (AvgIpc) is 2.28. The van der Waals surface area contributed by atoms with Gasteiger partial charge < -0.3 is 0 Å². The van der Waals surface area contributed by atoms with Crippen molar-refractivity contribution in [3.8, 4) is 0 Å². The number of halogens is 3. The third-order valence-corrected chi connectivity index (χ3v) is 2.14. The number of hydrogen-bond acceptors (Lipinski definition) is 1. The molecule has 1 aromatic carbocycles. The van der Waals surface area contributed by atoms with Crippen LogP contribution >= 0.6 is 0 Å². The predicted molar refractivity (Wildman–Crippen MR) is 51.6 cm³/mol. The lowest BCUT2D eigenvalue weighted by molar-refractivity contribution is -0.0318. The molecule has 0 atom stereocenters. The third kappa shape index (κ3) is 1.79. The number of benzene rings is 1. The number of nitrogens with zero attached hydrogens (tertiary/aromatic N) is 1. The molecule has 0 aliphatic carbocycles. The van der Waals surface area contributed by atoms with Crippen molar-refractivity contribution in [2.45, 2.75) is 5.92 Å². The summed E-state index contributed by atoms with van der Waals surface area (Å²) >= 11 is 0. The number of alkyl halides is 3. The van der Waals surface area contributed by atoms with Crippen LogP contribution in [-0.2, 0) is 5.92 Å². The Hall–Kier alpha value is -1.58. The van der Waals surface area contributed by atoms with Crippen molar-refractivity contribution >= 4 is 10.9 Å². The van der Waals surface area contributed by atoms with E-state index in [1.54, 1.807) is 24.3 Å². The summed E-state index contributed by atoms with van der Waals surface area (Å²) in [7, 11) is 0. The van der Waals surface area contributed by atoms with Gasteiger partial charge in [-0.25, -0.2) is 9.37 Å². The van der Waals surface area contributed by atoms with Gasteiger partial charge in [0.25, 0.3) is 0 Å². The van der Waals surface area contributed by atoms with Crippen LogP contribution < -0.4 is 0 Å². The maximum absolute atomic E-state index is 13.0. The maximum atomic E-state index is 13.0. The molecule has 0 unspecified atom stereocenters. The molecule has 78 valence electrons. The Morgan fingerprint density at radius 3 is 2.53 bits per heavy atom. The Morgan fingerprint density at radius 2 is 1.80 bits per heavy atom. The van der Waals surface area contributed by atoms with Crippen LogP contribution in [0.15, 0.2) is 36.4 Å². The maximum Gasteiger partial charge on any atom is 0.317 e. The molecule has 2 aromatic rings. The summed E-state index contributed by atoms with van der Waals surface area (Å²) < 4.78 is 38.0. The van der Waals surface area contributed by atoms with Gasteiger partial charge in [-0.2, -0.15) is 8.78 Å². The van der Waals surface area contributed by atoms with E-state index in [4.69, 9.17) is 0 Å². The SMILES string of the molecule is FCC(F)(F)c1ccc2ccccc2n1. The first-order valence-electron chi connectivity index (χ1n) is 4.43. The number of aromatic nitrogens is 1. The van der Waals surface area contributed by atoms with Gasteiger partial charge >= 0.3 is 5.92 Å². The largest absolute Gasteiger partial charge is 0.317 e. The van der Waals surface area contributed by atoms with E-state index >= 15 is 0 Å². The van der Waals surface area contributed by atoms with Crippen molar-refractivity contribution in [2.24, 2.45) is 0 Å². The Morgan fingerprint density at radius 1 is 1.07 bits per heavy atom. The Kier molecular flexibility index (Phi) is 2.34. The molecule has 0 aliphatic rings. The topological polar surface area (TPSA) is 12.9 Å². The monoisotopic (exact) mass is 211 g/mol. The minimum absolute atomic E-state index is 0.447. The molecule has 0 N–H and O–H groups in total. The van der Waals surface area contributed by atoms with Gasteiger partial charge in [-0.05, 0) is 12.1 Å². The van der Waals surface area contributed by atoms with E-state index in [9.17, 15) is 13.2 Å². The first-order valence-corrected chi connectivity index (χ1v) is 4.43. The summed E-state index contributed by atoms with van der Waals surface area (Å²) in [4.78, 5) is 3.73. The van der Waals surface area contributed by atoms with E-state index in [1.165, 1.54) is 6.07 Å². The first kappa shape index (κ1) is 9.96. The van der Waals surface area contributed by atoms with Crippen molar-refractivity contribution < 1.29 is 13.2 Å². The van der Waals surface area contributed by atoms with Crippen LogP contribution in [0.2, 0.25) is 0 Å². The van der Waals surface area contributed by atoms with E-state index in [2.05, 4.69) is 4.98 Å². The summed E-state index contributed by atoms with van der Waals surface area (Å²) in [5.41, 5.74) is -0.0770. The first-order chi connectivity index (χ1) is 7.13. The highest BCUT2D eigenvalue weighted by molar-refractivity contribution is 5.78. The summed E-state index contributed by atoms with van der Waals surface area (Å²) in [5, 5.41) is 0.760. The summed E-state index contributed by atoms with van der Waals surface area (Å²) in [6.45, 7) is -1.72. The van der Waals surface area contributed by atoms with Crippen LogP contribution in [0.5, 0.6) is 0 Å². The molecule has 0 bridgehead atoms. The van der Waals surface area contributed by atoms with E-state index < -0.39 is 18.3 Å². The van der Waals surface area contributed by atoms with Gasteiger partial charge in [0.2, 0.25) is 0 Å². The molecule has 0 spiro atoms. The van der Waals surface area contributed by atoms with E-state index in [0.717, 1.165) is 11.5 Å².